The third kappa shape index (κ3) is 1.64. The molecule has 1 amide bonds. The highest BCUT2D eigenvalue weighted by Crippen LogP contribution is 2.25. The fraction of sp³-hybridized carbons (Fsp3) is 0.300. The Kier molecular flexibility index (Phi) is 2.73. The molecule has 3 nitrogen and oxygen atoms in total. The van der Waals surface area contributed by atoms with Gasteiger partial charge in [0, 0.05) is 10.1 Å². The van der Waals surface area contributed by atoms with Crippen LogP contribution in [-0.2, 0) is 4.79 Å². The van der Waals surface area contributed by atoms with E-state index in [4.69, 9.17) is 5.73 Å². The van der Waals surface area contributed by atoms with E-state index in [-0.39, 0.29) is 11.9 Å². The minimum atomic E-state index is -0.314. The van der Waals surface area contributed by atoms with Gasteiger partial charge in [-0.15, -0.1) is 0 Å². The van der Waals surface area contributed by atoms with E-state index < -0.39 is 0 Å². The van der Waals surface area contributed by atoms with Crippen molar-refractivity contribution in [2.45, 2.75) is 12.5 Å². The van der Waals surface area contributed by atoms with Crippen LogP contribution in [0, 0.1) is 3.57 Å². The van der Waals surface area contributed by atoms with E-state index >= 15 is 0 Å². The number of benzene rings is 1. The van der Waals surface area contributed by atoms with Crippen molar-refractivity contribution in [3.63, 3.8) is 0 Å². The van der Waals surface area contributed by atoms with E-state index in [2.05, 4.69) is 22.6 Å². The van der Waals surface area contributed by atoms with Crippen LogP contribution in [0.3, 0.4) is 0 Å². The standard InChI is InChI=1S/C10H11IN2O/c11-7-3-1-2-4-9(7)13-6-5-8(12)10(13)14/h1-4,8H,5-6,12H2. The summed E-state index contributed by atoms with van der Waals surface area (Å²) in [6.07, 6.45) is 0.754. The van der Waals surface area contributed by atoms with Gasteiger partial charge in [0.2, 0.25) is 5.91 Å². The summed E-state index contributed by atoms with van der Waals surface area (Å²) < 4.78 is 1.09. The first kappa shape index (κ1) is 9.92. The summed E-state index contributed by atoms with van der Waals surface area (Å²) in [6, 6.07) is 7.54. The van der Waals surface area contributed by atoms with Crippen LogP contribution in [-0.4, -0.2) is 18.5 Å². The van der Waals surface area contributed by atoms with Crippen molar-refractivity contribution in [2.24, 2.45) is 5.73 Å². The van der Waals surface area contributed by atoms with Crippen molar-refractivity contribution in [1.82, 2.24) is 0 Å². The lowest BCUT2D eigenvalue weighted by Crippen LogP contribution is -2.34. The zero-order valence-electron chi connectivity index (χ0n) is 7.61. The Labute approximate surface area is 96.4 Å². The van der Waals surface area contributed by atoms with Crippen LogP contribution in [0.15, 0.2) is 24.3 Å². The third-order valence-electron chi connectivity index (χ3n) is 2.39. The fourth-order valence-electron chi connectivity index (χ4n) is 1.61. The Balaban J connectivity index is 2.33. The zero-order chi connectivity index (χ0) is 10.1. The summed E-state index contributed by atoms with van der Waals surface area (Å²) in [5.74, 6) is 0.0362. The van der Waals surface area contributed by atoms with E-state index in [1.54, 1.807) is 4.90 Å². The fourth-order valence-corrected chi connectivity index (χ4v) is 2.29. The first-order valence-electron chi connectivity index (χ1n) is 4.51. The number of rotatable bonds is 1. The van der Waals surface area contributed by atoms with Gasteiger partial charge in [-0.05, 0) is 41.1 Å². The molecule has 0 aliphatic carbocycles. The second-order valence-corrected chi connectivity index (χ2v) is 4.50. The number of carbonyl (C=O) groups excluding carboxylic acids is 1. The van der Waals surface area contributed by atoms with Gasteiger partial charge < -0.3 is 10.6 Å². The molecule has 2 rings (SSSR count). The van der Waals surface area contributed by atoms with Gasteiger partial charge >= 0.3 is 0 Å². The molecule has 1 fully saturated rings. The van der Waals surface area contributed by atoms with E-state index in [0.717, 1.165) is 22.2 Å². The Bertz CT molecular complexity index is 367. The van der Waals surface area contributed by atoms with Gasteiger partial charge in [0.05, 0.1) is 11.7 Å². The van der Waals surface area contributed by atoms with Gasteiger partial charge in [-0.2, -0.15) is 0 Å². The Morgan fingerprint density at radius 2 is 2.14 bits per heavy atom. The van der Waals surface area contributed by atoms with Gasteiger partial charge in [-0.3, -0.25) is 4.79 Å². The second kappa shape index (κ2) is 3.86. The lowest BCUT2D eigenvalue weighted by Gasteiger charge is -2.17. The molecule has 4 heteroatoms. The molecular formula is C10H11IN2O. The molecule has 1 atom stereocenters. The van der Waals surface area contributed by atoms with E-state index in [9.17, 15) is 4.79 Å². The van der Waals surface area contributed by atoms with E-state index in [1.165, 1.54) is 0 Å². The molecule has 2 N–H and O–H groups in total. The van der Waals surface area contributed by atoms with Crippen LogP contribution in [0.4, 0.5) is 5.69 Å². The minimum Gasteiger partial charge on any atom is -0.320 e. The van der Waals surface area contributed by atoms with Crippen LogP contribution >= 0.6 is 22.6 Å². The molecule has 14 heavy (non-hydrogen) atoms. The lowest BCUT2D eigenvalue weighted by atomic mass is 10.3. The number of carbonyl (C=O) groups is 1. The molecule has 1 saturated heterocycles. The Morgan fingerprint density at radius 3 is 2.71 bits per heavy atom. The maximum atomic E-state index is 11.7. The SMILES string of the molecule is NC1CCN(c2ccccc2I)C1=O. The maximum absolute atomic E-state index is 11.7. The molecule has 1 aliphatic heterocycles. The molecule has 0 aromatic heterocycles. The molecule has 74 valence electrons. The number of nitrogens with zero attached hydrogens (tertiary/aromatic N) is 1. The first-order chi connectivity index (χ1) is 6.70. The predicted octanol–water partition coefficient (Wildman–Crippen LogP) is 1.36. The van der Waals surface area contributed by atoms with Crippen molar-refractivity contribution >= 4 is 34.2 Å². The van der Waals surface area contributed by atoms with Crippen LogP contribution < -0.4 is 10.6 Å². The van der Waals surface area contributed by atoms with Crippen LogP contribution in [0.2, 0.25) is 0 Å². The molecule has 1 aliphatic rings. The Morgan fingerprint density at radius 1 is 1.43 bits per heavy atom. The van der Waals surface area contributed by atoms with Crippen molar-refractivity contribution in [3.8, 4) is 0 Å². The molecule has 0 saturated carbocycles. The average Bonchev–Trinajstić information content (AvgIpc) is 2.49. The largest absolute Gasteiger partial charge is 0.320 e. The second-order valence-electron chi connectivity index (χ2n) is 3.34. The van der Waals surface area contributed by atoms with Crippen LogP contribution in [0.1, 0.15) is 6.42 Å². The summed E-state index contributed by atoms with van der Waals surface area (Å²) in [6.45, 7) is 0.736. The number of hydrogen-bond acceptors (Lipinski definition) is 2. The summed E-state index contributed by atoms with van der Waals surface area (Å²) in [5, 5.41) is 0. The Hall–Kier alpha value is -0.620. The van der Waals surface area contributed by atoms with Crippen molar-refractivity contribution < 1.29 is 4.79 Å². The molecule has 0 bridgehead atoms. The molecule has 0 radical (unpaired) electrons. The van der Waals surface area contributed by atoms with Crippen molar-refractivity contribution in [3.05, 3.63) is 27.8 Å². The van der Waals surface area contributed by atoms with Gasteiger partial charge in [0.1, 0.15) is 0 Å². The molecule has 1 unspecified atom stereocenters. The first-order valence-corrected chi connectivity index (χ1v) is 5.59. The van der Waals surface area contributed by atoms with Crippen molar-refractivity contribution in [1.29, 1.82) is 0 Å². The summed E-state index contributed by atoms with van der Waals surface area (Å²) in [5.41, 5.74) is 6.64. The number of amides is 1. The van der Waals surface area contributed by atoms with Gasteiger partial charge in [0.25, 0.3) is 0 Å². The molecule has 1 heterocycles. The monoisotopic (exact) mass is 302 g/mol. The normalized spacial score (nSPS) is 21.7. The molecular weight excluding hydrogens is 291 g/mol. The number of hydrogen-bond donors (Lipinski definition) is 1. The smallest absolute Gasteiger partial charge is 0.243 e. The van der Waals surface area contributed by atoms with Crippen LogP contribution in [0.25, 0.3) is 0 Å². The van der Waals surface area contributed by atoms with Gasteiger partial charge in [-0.25, -0.2) is 0 Å². The maximum Gasteiger partial charge on any atom is 0.243 e. The average molecular weight is 302 g/mol. The summed E-state index contributed by atoms with van der Waals surface area (Å²) in [4.78, 5) is 13.4. The van der Waals surface area contributed by atoms with E-state index in [1.807, 2.05) is 24.3 Å². The highest BCUT2D eigenvalue weighted by Gasteiger charge is 2.30. The van der Waals surface area contributed by atoms with Crippen LogP contribution in [0.5, 0.6) is 0 Å². The summed E-state index contributed by atoms with van der Waals surface area (Å²) in [7, 11) is 0. The third-order valence-corrected chi connectivity index (χ3v) is 3.30. The van der Waals surface area contributed by atoms with Gasteiger partial charge in [0.15, 0.2) is 0 Å². The highest BCUT2D eigenvalue weighted by molar-refractivity contribution is 14.1. The number of halogens is 1. The molecule has 1 aromatic rings. The quantitative estimate of drug-likeness (QED) is 0.796. The van der Waals surface area contributed by atoms with Gasteiger partial charge in [-0.1, -0.05) is 12.1 Å². The summed E-state index contributed by atoms with van der Waals surface area (Å²) >= 11 is 2.23. The topological polar surface area (TPSA) is 46.3 Å². The number of para-hydroxylation sites is 1. The lowest BCUT2D eigenvalue weighted by molar-refractivity contribution is -0.118. The highest BCUT2D eigenvalue weighted by atomic mass is 127. The van der Waals surface area contributed by atoms with Crippen molar-refractivity contribution in [2.75, 3.05) is 11.4 Å². The molecule has 1 aromatic carbocycles. The predicted molar refractivity (Wildman–Crippen MR) is 64.1 cm³/mol. The molecule has 0 spiro atoms. The number of anilines is 1. The van der Waals surface area contributed by atoms with E-state index in [0.29, 0.717) is 0 Å². The zero-order valence-corrected chi connectivity index (χ0v) is 9.77. The minimum absolute atomic E-state index is 0.0362. The number of nitrogens with two attached hydrogens (primary N) is 1.